The lowest BCUT2D eigenvalue weighted by Gasteiger charge is -2.04. The topological polar surface area (TPSA) is 90.7 Å². The van der Waals surface area contributed by atoms with E-state index in [-0.39, 0.29) is 4.83 Å². The van der Waals surface area contributed by atoms with Crippen LogP contribution in [0.25, 0.3) is 23.0 Å². The molecule has 0 aliphatic rings. The van der Waals surface area contributed by atoms with E-state index in [2.05, 4.69) is 43.0 Å². The minimum Gasteiger partial charge on any atom is -0.415 e. The average Bonchev–Trinajstić information content (AvgIpc) is 2.98. The number of rotatable bonds is 3. The number of nitrogens with zero attached hydrogens (tertiary/aromatic N) is 4. The van der Waals surface area contributed by atoms with Crippen LogP contribution < -0.4 is 5.73 Å². The zero-order valence-electron chi connectivity index (χ0n) is 11.2. The lowest BCUT2D eigenvalue weighted by molar-refractivity contribution is 0.581. The molecule has 2 heterocycles. The zero-order valence-corrected chi connectivity index (χ0v) is 12.8. The smallest absolute Gasteiger partial charge is 0.268 e. The van der Waals surface area contributed by atoms with E-state index in [0.29, 0.717) is 23.3 Å². The van der Waals surface area contributed by atoms with Crippen LogP contribution in [0.4, 0.5) is 5.82 Å². The van der Waals surface area contributed by atoms with E-state index in [0.717, 1.165) is 11.1 Å². The molecule has 0 aliphatic carbocycles. The molecule has 1 aromatic carbocycles. The van der Waals surface area contributed by atoms with Gasteiger partial charge in [-0.05, 0) is 24.6 Å². The second kappa shape index (κ2) is 5.61. The molecule has 0 saturated heterocycles. The molecule has 0 amide bonds. The quantitative estimate of drug-likeness (QED) is 0.732. The van der Waals surface area contributed by atoms with E-state index >= 15 is 0 Å². The fraction of sp³-hybridized carbons (Fsp3) is 0.143. The van der Waals surface area contributed by atoms with Gasteiger partial charge in [-0.15, -0.1) is 10.2 Å². The lowest BCUT2D eigenvalue weighted by atomic mass is 10.1. The first kappa shape index (κ1) is 13.7. The average molecular weight is 346 g/mol. The molecule has 3 rings (SSSR count). The second-order valence-corrected chi connectivity index (χ2v) is 5.85. The summed E-state index contributed by atoms with van der Waals surface area (Å²) >= 11 is 3.54. The number of anilines is 1. The number of alkyl halides is 1. The Balaban J connectivity index is 1.94. The van der Waals surface area contributed by atoms with Gasteiger partial charge in [0.1, 0.15) is 11.5 Å². The standard InChI is InChI=1S/C14H12BrN5O/c1-8(15)9-3-2-4-10(5-9)13-19-20-14(21-13)11-6-18-12(16)7-17-11/h2-8H,1H3,(H2,16,18). The molecular weight excluding hydrogens is 334 g/mol. The van der Waals surface area contributed by atoms with Crippen LogP contribution in [0.1, 0.15) is 17.3 Å². The maximum Gasteiger partial charge on any atom is 0.268 e. The van der Waals surface area contributed by atoms with Crippen molar-refractivity contribution in [3.8, 4) is 23.0 Å². The Kier molecular flexibility index (Phi) is 3.66. The molecule has 1 atom stereocenters. The summed E-state index contributed by atoms with van der Waals surface area (Å²) in [6.45, 7) is 2.06. The Morgan fingerprint density at radius 3 is 2.67 bits per heavy atom. The summed E-state index contributed by atoms with van der Waals surface area (Å²) in [6, 6.07) is 7.91. The van der Waals surface area contributed by atoms with Gasteiger partial charge in [-0.3, -0.25) is 0 Å². The summed E-state index contributed by atoms with van der Waals surface area (Å²) in [5.41, 5.74) is 8.00. The van der Waals surface area contributed by atoms with Crippen molar-refractivity contribution in [2.75, 3.05) is 5.73 Å². The van der Waals surface area contributed by atoms with Gasteiger partial charge in [-0.2, -0.15) is 0 Å². The summed E-state index contributed by atoms with van der Waals surface area (Å²) in [5.74, 6) is 1.10. The predicted molar refractivity (Wildman–Crippen MR) is 82.5 cm³/mol. The van der Waals surface area contributed by atoms with Crippen LogP contribution in [0, 0.1) is 0 Å². The van der Waals surface area contributed by atoms with E-state index in [1.165, 1.54) is 12.4 Å². The van der Waals surface area contributed by atoms with Gasteiger partial charge in [0, 0.05) is 10.4 Å². The maximum atomic E-state index is 5.65. The van der Waals surface area contributed by atoms with Crippen LogP contribution >= 0.6 is 15.9 Å². The van der Waals surface area contributed by atoms with Crippen LogP contribution in [0.3, 0.4) is 0 Å². The van der Waals surface area contributed by atoms with Gasteiger partial charge in [-0.25, -0.2) is 9.97 Å². The number of aromatic nitrogens is 4. The van der Waals surface area contributed by atoms with Crippen molar-refractivity contribution in [1.82, 2.24) is 20.2 Å². The lowest BCUT2D eigenvalue weighted by Crippen LogP contribution is -1.92. The first-order valence-electron chi connectivity index (χ1n) is 6.29. The first-order valence-corrected chi connectivity index (χ1v) is 7.21. The van der Waals surface area contributed by atoms with E-state index in [9.17, 15) is 0 Å². The van der Waals surface area contributed by atoms with Crippen molar-refractivity contribution in [3.63, 3.8) is 0 Å². The van der Waals surface area contributed by atoms with E-state index in [1.807, 2.05) is 24.3 Å². The molecule has 3 aromatic rings. The fourth-order valence-corrected chi connectivity index (χ4v) is 2.10. The van der Waals surface area contributed by atoms with Crippen molar-refractivity contribution in [3.05, 3.63) is 42.2 Å². The highest BCUT2D eigenvalue weighted by Crippen LogP contribution is 2.27. The highest BCUT2D eigenvalue weighted by Gasteiger charge is 2.13. The number of halogens is 1. The van der Waals surface area contributed by atoms with Gasteiger partial charge < -0.3 is 10.2 Å². The van der Waals surface area contributed by atoms with Crippen molar-refractivity contribution in [2.24, 2.45) is 0 Å². The summed E-state index contributed by atoms with van der Waals surface area (Å²) in [4.78, 5) is 8.32. The van der Waals surface area contributed by atoms with Crippen molar-refractivity contribution < 1.29 is 4.42 Å². The third-order valence-electron chi connectivity index (χ3n) is 2.91. The normalized spacial score (nSPS) is 12.3. The molecule has 0 spiro atoms. The Morgan fingerprint density at radius 2 is 1.95 bits per heavy atom. The number of benzene rings is 1. The first-order chi connectivity index (χ1) is 10.1. The van der Waals surface area contributed by atoms with Crippen LogP contribution in [0.2, 0.25) is 0 Å². The summed E-state index contributed by atoms with van der Waals surface area (Å²) in [7, 11) is 0. The van der Waals surface area contributed by atoms with E-state index < -0.39 is 0 Å². The Bertz CT molecular complexity index is 754. The number of hydrogen-bond donors (Lipinski definition) is 1. The summed E-state index contributed by atoms with van der Waals surface area (Å²) in [5, 5.41) is 8.05. The fourth-order valence-electron chi connectivity index (χ4n) is 1.81. The third kappa shape index (κ3) is 2.92. The molecule has 0 fully saturated rings. The summed E-state index contributed by atoms with van der Waals surface area (Å²) in [6.07, 6.45) is 2.95. The Labute approximate surface area is 129 Å². The van der Waals surface area contributed by atoms with Crippen LogP contribution in [-0.2, 0) is 0 Å². The molecule has 0 bridgehead atoms. The van der Waals surface area contributed by atoms with Crippen LogP contribution in [0.5, 0.6) is 0 Å². The predicted octanol–water partition coefficient (Wildman–Crippen LogP) is 3.23. The highest BCUT2D eigenvalue weighted by atomic mass is 79.9. The molecular formula is C14H12BrN5O. The molecule has 106 valence electrons. The molecule has 6 nitrogen and oxygen atoms in total. The van der Waals surface area contributed by atoms with Gasteiger partial charge in [0.05, 0.1) is 12.4 Å². The summed E-state index contributed by atoms with van der Waals surface area (Å²) < 4.78 is 5.65. The van der Waals surface area contributed by atoms with Gasteiger partial charge in [0.15, 0.2) is 0 Å². The van der Waals surface area contributed by atoms with Gasteiger partial charge in [0.2, 0.25) is 5.89 Å². The molecule has 21 heavy (non-hydrogen) atoms. The molecule has 1 unspecified atom stereocenters. The van der Waals surface area contributed by atoms with Gasteiger partial charge in [-0.1, -0.05) is 28.1 Å². The van der Waals surface area contributed by atoms with Crippen molar-refractivity contribution in [1.29, 1.82) is 0 Å². The van der Waals surface area contributed by atoms with Crippen molar-refractivity contribution >= 4 is 21.7 Å². The molecule has 2 aromatic heterocycles. The number of nitrogens with two attached hydrogens (primary N) is 1. The number of nitrogen functional groups attached to an aromatic ring is 1. The molecule has 0 radical (unpaired) electrons. The van der Waals surface area contributed by atoms with Gasteiger partial charge >= 0.3 is 0 Å². The van der Waals surface area contributed by atoms with Crippen LogP contribution in [-0.4, -0.2) is 20.2 Å². The molecule has 7 heteroatoms. The minimum absolute atomic E-state index is 0.253. The van der Waals surface area contributed by atoms with E-state index in [4.69, 9.17) is 10.2 Å². The minimum atomic E-state index is 0.253. The van der Waals surface area contributed by atoms with Crippen LogP contribution in [0.15, 0.2) is 41.1 Å². The molecule has 0 aliphatic heterocycles. The largest absolute Gasteiger partial charge is 0.415 e. The van der Waals surface area contributed by atoms with Crippen molar-refractivity contribution in [2.45, 2.75) is 11.8 Å². The van der Waals surface area contributed by atoms with E-state index in [1.54, 1.807) is 0 Å². The SMILES string of the molecule is CC(Br)c1cccc(-c2nnc(-c3cnc(N)cn3)o2)c1. The Hall–Kier alpha value is -2.28. The Morgan fingerprint density at radius 1 is 1.14 bits per heavy atom. The van der Waals surface area contributed by atoms with Gasteiger partial charge in [0.25, 0.3) is 5.89 Å². The maximum absolute atomic E-state index is 5.65. The highest BCUT2D eigenvalue weighted by molar-refractivity contribution is 9.09. The molecule has 2 N–H and O–H groups in total. The monoisotopic (exact) mass is 345 g/mol. The second-order valence-electron chi connectivity index (χ2n) is 4.48. The third-order valence-corrected chi connectivity index (χ3v) is 3.44. The zero-order chi connectivity index (χ0) is 14.8. The molecule has 0 saturated carbocycles. The number of hydrogen-bond acceptors (Lipinski definition) is 6.